The number of fused-ring (bicyclic) bond motifs is 1. The summed E-state index contributed by atoms with van der Waals surface area (Å²) in [5, 5.41) is 3.46. The third kappa shape index (κ3) is 2.90. The molecular formula is C21H16F2N4O. The molecular weight excluding hydrogens is 362 g/mol. The van der Waals surface area contributed by atoms with Crippen molar-refractivity contribution in [1.82, 2.24) is 15.0 Å². The van der Waals surface area contributed by atoms with Crippen LogP contribution in [0.3, 0.4) is 0 Å². The Morgan fingerprint density at radius 3 is 2.46 bits per heavy atom. The molecule has 5 nitrogen and oxygen atoms in total. The van der Waals surface area contributed by atoms with Gasteiger partial charge in [0.05, 0.1) is 7.11 Å². The van der Waals surface area contributed by atoms with Crippen molar-refractivity contribution in [2.45, 2.75) is 0 Å². The maximum absolute atomic E-state index is 15.4. The van der Waals surface area contributed by atoms with Crippen molar-refractivity contribution in [2.75, 3.05) is 19.5 Å². The molecule has 0 unspecified atom stereocenters. The zero-order chi connectivity index (χ0) is 19.7. The summed E-state index contributed by atoms with van der Waals surface area (Å²) in [5.74, 6) is -0.411. The van der Waals surface area contributed by atoms with Crippen molar-refractivity contribution in [3.05, 3.63) is 66.5 Å². The number of hydrogen-bond acceptors (Lipinski definition) is 5. The van der Waals surface area contributed by atoms with Crippen molar-refractivity contribution >= 4 is 16.7 Å². The van der Waals surface area contributed by atoms with Gasteiger partial charge in [-0.2, -0.15) is 0 Å². The van der Waals surface area contributed by atoms with Gasteiger partial charge in [0, 0.05) is 41.5 Å². The van der Waals surface area contributed by atoms with E-state index in [4.69, 9.17) is 4.74 Å². The number of nitrogens with one attached hydrogen (secondary N) is 1. The van der Waals surface area contributed by atoms with E-state index in [9.17, 15) is 4.39 Å². The van der Waals surface area contributed by atoms with Gasteiger partial charge in [-0.1, -0.05) is 18.2 Å². The van der Waals surface area contributed by atoms with Crippen LogP contribution in [0.2, 0.25) is 0 Å². The lowest BCUT2D eigenvalue weighted by atomic mass is 10.0. The molecule has 0 aliphatic carbocycles. The van der Waals surface area contributed by atoms with E-state index in [1.54, 1.807) is 43.7 Å². The van der Waals surface area contributed by atoms with Gasteiger partial charge in [0.1, 0.15) is 11.3 Å². The molecule has 0 radical (unpaired) electrons. The van der Waals surface area contributed by atoms with Gasteiger partial charge in [0.2, 0.25) is 0 Å². The van der Waals surface area contributed by atoms with Crippen LogP contribution in [0.5, 0.6) is 5.75 Å². The number of benzene rings is 2. The van der Waals surface area contributed by atoms with E-state index in [1.807, 2.05) is 0 Å². The van der Waals surface area contributed by atoms with Crippen LogP contribution >= 0.6 is 0 Å². The summed E-state index contributed by atoms with van der Waals surface area (Å²) in [4.78, 5) is 12.9. The summed E-state index contributed by atoms with van der Waals surface area (Å²) in [6.07, 6.45) is 3.23. The number of nitrogens with zero attached hydrogens (tertiary/aromatic N) is 3. The molecule has 0 bridgehead atoms. The molecule has 0 atom stereocenters. The van der Waals surface area contributed by atoms with Gasteiger partial charge in [0.15, 0.2) is 23.2 Å². The van der Waals surface area contributed by atoms with Crippen LogP contribution < -0.4 is 10.1 Å². The number of hydrogen-bond donors (Lipinski definition) is 1. The van der Waals surface area contributed by atoms with Crippen molar-refractivity contribution in [3.63, 3.8) is 0 Å². The third-order valence-electron chi connectivity index (χ3n) is 4.44. The number of rotatable bonds is 4. The molecule has 0 aliphatic rings. The molecule has 28 heavy (non-hydrogen) atoms. The summed E-state index contributed by atoms with van der Waals surface area (Å²) in [5.41, 5.74) is 0.948. The Labute approximate surface area is 160 Å². The first-order valence-electron chi connectivity index (χ1n) is 8.55. The maximum atomic E-state index is 15.4. The second kappa shape index (κ2) is 7.19. The monoisotopic (exact) mass is 378 g/mol. The van der Waals surface area contributed by atoms with E-state index >= 15 is 4.39 Å². The first kappa shape index (κ1) is 17.8. The Balaban J connectivity index is 1.98. The normalized spacial score (nSPS) is 10.9. The number of pyridine rings is 1. The molecule has 0 amide bonds. The molecule has 4 aromatic rings. The van der Waals surface area contributed by atoms with E-state index in [0.29, 0.717) is 22.6 Å². The van der Waals surface area contributed by atoms with Crippen molar-refractivity contribution < 1.29 is 13.5 Å². The maximum Gasteiger partial charge on any atom is 0.172 e. The average Bonchev–Trinajstić information content (AvgIpc) is 2.74. The van der Waals surface area contributed by atoms with Gasteiger partial charge in [-0.15, -0.1) is 0 Å². The fourth-order valence-corrected chi connectivity index (χ4v) is 3.06. The highest BCUT2D eigenvalue weighted by Crippen LogP contribution is 2.35. The molecule has 2 aromatic heterocycles. The topological polar surface area (TPSA) is 59.9 Å². The van der Waals surface area contributed by atoms with Crippen LogP contribution in [0, 0.1) is 11.6 Å². The molecule has 0 saturated heterocycles. The van der Waals surface area contributed by atoms with Gasteiger partial charge >= 0.3 is 0 Å². The predicted molar refractivity (Wildman–Crippen MR) is 104 cm³/mol. The van der Waals surface area contributed by atoms with E-state index in [-0.39, 0.29) is 22.4 Å². The molecule has 2 heterocycles. The Morgan fingerprint density at radius 2 is 1.75 bits per heavy atom. The summed E-state index contributed by atoms with van der Waals surface area (Å²) in [6.45, 7) is 0. The van der Waals surface area contributed by atoms with Gasteiger partial charge in [-0.05, 0) is 24.3 Å². The first-order valence-corrected chi connectivity index (χ1v) is 8.55. The van der Waals surface area contributed by atoms with Crippen LogP contribution in [-0.2, 0) is 0 Å². The van der Waals surface area contributed by atoms with Gasteiger partial charge < -0.3 is 10.1 Å². The Bertz CT molecular complexity index is 1170. The molecule has 7 heteroatoms. The standard InChI is InChI=1S/C21H16F2N4O/c1-24-21-15-9-8-14(13-6-3-7-16(28-2)17(13)22)18(23)19(15)26-20(27-21)12-5-4-10-25-11-12/h3-11H,1-2H3,(H,24,26,27). The van der Waals surface area contributed by atoms with Gasteiger partial charge in [-0.3, -0.25) is 4.98 Å². The summed E-state index contributed by atoms with van der Waals surface area (Å²) in [7, 11) is 3.06. The van der Waals surface area contributed by atoms with Crippen LogP contribution in [0.15, 0.2) is 54.9 Å². The fourth-order valence-electron chi connectivity index (χ4n) is 3.06. The Morgan fingerprint density at radius 1 is 0.929 bits per heavy atom. The second-order valence-electron chi connectivity index (χ2n) is 6.03. The number of halogens is 2. The highest BCUT2D eigenvalue weighted by molar-refractivity contribution is 5.94. The molecule has 4 rings (SSSR count). The molecule has 0 spiro atoms. The smallest absolute Gasteiger partial charge is 0.172 e. The molecule has 1 N–H and O–H groups in total. The highest BCUT2D eigenvalue weighted by Gasteiger charge is 2.19. The molecule has 0 aliphatic heterocycles. The lowest BCUT2D eigenvalue weighted by Gasteiger charge is -2.12. The fraction of sp³-hybridized carbons (Fsp3) is 0.0952. The minimum absolute atomic E-state index is 0.0478. The van der Waals surface area contributed by atoms with Crippen LogP contribution in [-0.4, -0.2) is 29.1 Å². The van der Waals surface area contributed by atoms with E-state index in [0.717, 1.165) is 0 Å². The number of aromatic nitrogens is 3. The summed E-state index contributed by atoms with van der Waals surface area (Å²) in [6, 6.07) is 11.3. The van der Waals surface area contributed by atoms with Crippen LogP contribution in [0.4, 0.5) is 14.6 Å². The van der Waals surface area contributed by atoms with E-state index in [2.05, 4.69) is 20.3 Å². The van der Waals surface area contributed by atoms with E-state index < -0.39 is 11.6 Å². The van der Waals surface area contributed by atoms with Gasteiger partial charge in [0.25, 0.3) is 0 Å². The van der Waals surface area contributed by atoms with Crippen molar-refractivity contribution in [1.29, 1.82) is 0 Å². The predicted octanol–water partition coefficient (Wildman–Crippen LogP) is 4.69. The average molecular weight is 378 g/mol. The lowest BCUT2D eigenvalue weighted by Crippen LogP contribution is -2.01. The minimum atomic E-state index is -0.631. The third-order valence-corrected chi connectivity index (χ3v) is 4.44. The van der Waals surface area contributed by atoms with E-state index in [1.165, 1.54) is 25.3 Å². The van der Waals surface area contributed by atoms with Crippen molar-refractivity contribution in [2.24, 2.45) is 0 Å². The van der Waals surface area contributed by atoms with Gasteiger partial charge in [-0.25, -0.2) is 18.7 Å². The summed E-state index contributed by atoms with van der Waals surface area (Å²) < 4.78 is 35.1. The van der Waals surface area contributed by atoms with Crippen LogP contribution in [0.25, 0.3) is 33.4 Å². The SMILES string of the molecule is CNc1nc(-c2cccnc2)nc2c(F)c(-c3cccc(OC)c3F)ccc12. The molecule has 0 saturated carbocycles. The molecule has 140 valence electrons. The minimum Gasteiger partial charge on any atom is -0.494 e. The van der Waals surface area contributed by atoms with Crippen LogP contribution in [0.1, 0.15) is 0 Å². The second-order valence-corrected chi connectivity index (χ2v) is 6.03. The zero-order valence-corrected chi connectivity index (χ0v) is 15.2. The molecule has 2 aromatic carbocycles. The lowest BCUT2D eigenvalue weighted by molar-refractivity contribution is 0.387. The van der Waals surface area contributed by atoms with Crippen molar-refractivity contribution in [3.8, 4) is 28.3 Å². The molecule has 0 fully saturated rings. The quantitative estimate of drug-likeness (QED) is 0.558. The number of ether oxygens (including phenoxy) is 1. The first-order chi connectivity index (χ1) is 13.6. The Hall–Kier alpha value is -3.61. The summed E-state index contributed by atoms with van der Waals surface area (Å²) >= 11 is 0. The highest BCUT2D eigenvalue weighted by atomic mass is 19.1. The number of anilines is 1. The Kier molecular flexibility index (Phi) is 4.57. The largest absolute Gasteiger partial charge is 0.494 e. The number of methoxy groups -OCH3 is 1. The zero-order valence-electron chi connectivity index (χ0n) is 15.2.